The number of carboxylic acids is 1. The first kappa shape index (κ1) is 15.2. The monoisotopic (exact) mass is 330 g/mol. The predicted molar refractivity (Wildman–Crippen MR) is 87.3 cm³/mol. The summed E-state index contributed by atoms with van der Waals surface area (Å²) in [4.78, 5) is 36.9. The zero-order chi connectivity index (χ0) is 16.4. The molecule has 2 aromatic rings. The van der Waals surface area contributed by atoms with E-state index >= 15 is 0 Å². The second kappa shape index (κ2) is 6.21. The van der Waals surface area contributed by atoms with Crippen molar-refractivity contribution in [3.8, 4) is 0 Å². The Hall–Kier alpha value is -2.67. The predicted octanol–water partition coefficient (Wildman–Crippen LogP) is 2.83. The molecule has 1 aromatic heterocycles. The van der Waals surface area contributed by atoms with Gasteiger partial charge in [-0.3, -0.25) is 9.59 Å². The lowest BCUT2D eigenvalue weighted by Crippen LogP contribution is -2.24. The molecule has 23 heavy (non-hydrogen) atoms. The number of hydrogen-bond donors (Lipinski definition) is 2. The van der Waals surface area contributed by atoms with Crippen LogP contribution in [0.4, 0.5) is 11.4 Å². The molecule has 2 heterocycles. The van der Waals surface area contributed by atoms with Gasteiger partial charge in [0.05, 0.1) is 11.3 Å². The molecular formula is C16H14N2O4S. The van der Waals surface area contributed by atoms with Gasteiger partial charge in [0.15, 0.2) is 0 Å². The first-order chi connectivity index (χ1) is 11.1. The molecule has 0 atom stereocenters. The van der Waals surface area contributed by atoms with E-state index in [4.69, 9.17) is 5.11 Å². The first-order valence-electron chi connectivity index (χ1n) is 7.07. The van der Waals surface area contributed by atoms with Gasteiger partial charge in [-0.15, -0.1) is 11.3 Å². The fraction of sp³-hybridized carbons (Fsp3) is 0.188. The van der Waals surface area contributed by atoms with E-state index in [1.807, 2.05) is 0 Å². The Kier molecular flexibility index (Phi) is 4.12. The van der Waals surface area contributed by atoms with Gasteiger partial charge in [0.2, 0.25) is 5.91 Å². The van der Waals surface area contributed by atoms with E-state index < -0.39 is 11.9 Å². The fourth-order valence-electron chi connectivity index (χ4n) is 2.49. The molecule has 2 N–H and O–H groups in total. The highest BCUT2D eigenvalue weighted by atomic mass is 32.1. The standard InChI is InChI=1S/C16H14N2O4S/c19-14-5-2-6-18(14)11-4-1-3-10(7-11)15(20)17-13-9-23-8-12(13)16(21)22/h1,3-4,7-9H,2,5-6H2,(H,17,20)(H,21,22). The maximum Gasteiger partial charge on any atom is 0.338 e. The lowest BCUT2D eigenvalue weighted by molar-refractivity contribution is -0.117. The first-order valence-corrected chi connectivity index (χ1v) is 8.02. The molecule has 0 bridgehead atoms. The van der Waals surface area contributed by atoms with Gasteiger partial charge in [-0.25, -0.2) is 4.79 Å². The number of carbonyl (C=O) groups excluding carboxylic acids is 2. The van der Waals surface area contributed by atoms with Crippen LogP contribution in [0.1, 0.15) is 33.6 Å². The molecule has 0 unspecified atom stereocenters. The molecule has 7 heteroatoms. The van der Waals surface area contributed by atoms with E-state index in [1.54, 1.807) is 34.5 Å². The number of hydrogen-bond acceptors (Lipinski definition) is 4. The van der Waals surface area contributed by atoms with Gasteiger partial charge in [-0.05, 0) is 24.6 Å². The average Bonchev–Trinajstić information content (AvgIpc) is 3.16. The van der Waals surface area contributed by atoms with Crippen LogP contribution in [-0.4, -0.2) is 29.4 Å². The van der Waals surface area contributed by atoms with Crippen molar-refractivity contribution in [2.75, 3.05) is 16.8 Å². The van der Waals surface area contributed by atoms with Crippen LogP contribution < -0.4 is 10.2 Å². The molecule has 1 saturated heterocycles. The lowest BCUT2D eigenvalue weighted by atomic mass is 10.1. The van der Waals surface area contributed by atoms with Crippen LogP contribution in [0.3, 0.4) is 0 Å². The Labute approximate surface area is 136 Å². The Balaban J connectivity index is 1.81. The zero-order valence-electron chi connectivity index (χ0n) is 12.1. The minimum absolute atomic E-state index is 0.0496. The third-order valence-electron chi connectivity index (χ3n) is 3.63. The highest BCUT2D eigenvalue weighted by Crippen LogP contribution is 2.24. The van der Waals surface area contributed by atoms with Crippen molar-refractivity contribution in [2.24, 2.45) is 0 Å². The molecule has 0 aliphatic carbocycles. The van der Waals surface area contributed by atoms with Gasteiger partial charge in [0, 0.05) is 35.0 Å². The Bertz CT molecular complexity index is 784. The maximum absolute atomic E-state index is 12.3. The minimum atomic E-state index is -1.09. The molecule has 118 valence electrons. The van der Waals surface area contributed by atoms with Crippen molar-refractivity contribution in [1.29, 1.82) is 0 Å². The summed E-state index contributed by atoms with van der Waals surface area (Å²) in [5.74, 6) is -1.44. The molecule has 1 aromatic carbocycles. The summed E-state index contributed by atoms with van der Waals surface area (Å²) in [5, 5.41) is 14.7. The zero-order valence-corrected chi connectivity index (χ0v) is 12.9. The average molecular weight is 330 g/mol. The molecule has 1 aliphatic rings. The number of rotatable bonds is 4. The van der Waals surface area contributed by atoms with Crippen molar-refractivity contribution >= 4 is 40.5 Å². The van der Waals surface area contributed by atoms with Gasteiger partial charge in [0.1, 0.15) is 0 Å². The lowest BCUT2D eigenvalue weighted by Gasteiger charge is -2.16. The largest absolute Gasteiger partial charge is 0.478 e. The van der Waals surface area contributed by atoms with Crippen LogP contribution >= 0.6 is 11.3 Å². The molecular weight excluding hydrogens is 316 g/mol. The van der Waals surface area contributed by atoms with Crippen molar-refractivity contribution in [1.82, 2.24) is 0 Å². The number of nitrogens with one attached hydrogen (secondary N) is 1. The molecule has 0 radical (unpaired) electrons. The number of aromatic carboxylic acids is 1. The van der Waals surface area contributed by atoms with E-state index in [2.05, 4.69) is 5.32 Å². The number of nitrogens with zero attached hydrogens (tertiary/aromatic N) is 1. The van der Waals surface area contributed by atoms with Crippen LogP contribution in [0.5, 0.6) is 0 Å². The van der Waals surface area contributed by atoms with Crippen LogP contribution in [0.15, 0.2) is 35.0 Å². The number of anilines is 2. The van der Waals surface area contributed by atoms with E-state index in [-0.39, 0.29) is 17.2 Å². The third-order valence-corrected chi connectivity index (χ3v) is 4.38. The van der Waals surface area contributed by atoms with E-state index in [0.717, 1.165) is 6.42 Å². The van der Waals surface area contributed by atoms with Crippen molar-refractivity contribution in [3.63, 3.8) is 0 Å². The highest BCUT2D eigenvalue weighted by Gasteiger charge is 2.22. The van der Waals surface area contributed by atoms with Crippen LogP contribution in [-0.2, 0) is 4.79 Å². The van der Waals surface area contributed by atoms with Gasteiger partial charge in [0.25, 0.3) is 5.91 Å². The maximum atomic E-state index is 12.3. The van der Waals surface area contributed by atoms with E-state index in [9.17, 15) is 14.4 Å². The third kappa shape index (κ3) is 3.09. The Morgan fingerprint density at radius 3 is 2.78 bits per heavy atom. The SMILES string of the molecule is O=C(Nc1cscc1C(=O)O)c1cccc(N2CCCC2=O)c1. The summed E-state index contributed by atoms with van der Waals surface area (Å²) in [6.45, 7) is 0.650. The Morgan fingerprint density at radius 2 is 2.09 bits per heavy atom. The highest BCUT2D eigenvalue weighted by molar-refractivity contribution is 7.08. The summed E-state index contributed by atoms with van der Waals surface area (Å²) >= 11 is 1.21. The summed E-state index contributed by atoms with van der Waals surface area (Å²) in [7, 11) is 0. The number of thiophene rings is 1. The van der Waals surface area contributed by atoms with Gasteiger partial charge in [-0.2, -0.15) is 0 Å². The van der Waals surface area contributed by atoms with Crippen LogP contribution in [0.2, 0.25) is 0 Å². The van der Waals surface area contributed by atoms with Gasteiger partial charge < -0.3 is 15.3 Å². The summed E-state index contributed by atoms with van der Waals surface area (Å²) in [6, 6.07) is 6.77. The number of amides is 2. The summed E-state index contributed by atoms with van der Waals surface area (Å²) in [6.07, 6.45) is 1.33. The normalized spacial score (nSPS) is 14.1. The summed E-state index contributed by atoms with van der Waals surface area (Å²) in [5.41, 5.74) is 1.40. The fourth-order valence-corrected chi connectivity index (χ4v) is 3.24. The van der Waals surface area contributed by atoms with Gasteiger partial charge >= 0.3 is 5.97 Å². The second-order valence-electron chi connectivity index (χ2n) is 5.16. The quantitative estimate of drug-likeness (QED) is 0.902. The molecule has 1 aliphatic heterocycles. The van der Waals surface area contributed by atoms with E-state index in [1.165, 1.54) is 16.7 Å². The molecule has 2 amide bonds. The molecule has 6 nitrogen and oxygen atoms in total. The van der Waals surface area contributed by atoms with Crippen molar-refractivity contribution < 1.29 is 19.5 Å². The minimum Gasteiger partial charge on any atom is -0.478 e. The topological polar surface area (TPSA) is 86.7 Å². The number of carboxylic acid groups (broad SMARTS) is 1. The van der Waals surface area contributed by atoms with Crippen LogP contribution in [0, 0.1) is 0 Å². The van der Waals surface area contributed by atoms with Crippen molar-refractivity contribution in [2.45, 2.75) is 12.8 Å². The van der Waals surface area contributed by atoms with Crippen LogP contribution in [0.25, 0.3) is 0 Å². The second-order valence-corrected chi connectivity index (χ2v) is 5.90. The molecule has 0 saturated carbocycles. The smallest absolute Gasteiger partial charge is 0.338 e. The van der Waals surface area contributed by atoms with Gasteiger partial charge in [-0.1, -0.05) is 6.07 Å². The van der Waals surface area contributed by atoms with Crippen molar-refractivity contribution in [3.05, 3.63) is 46.2 Å². The van der Waals surface area contributed by atoms with E-state index in [0.29, 0.717) is 24.2 Å². The number of benzene rings is 1. The molecule has 0 spiro atoms. The summed E-state index contributed by atoms with van der Waals surface area (Å²) < 4.78 is 0. The Morgan fingerprint density at radius 1 is 1.26 bits per heavy atom. The number of carbonyl (C=O) groups is 3. The molecule has 1 fully saturated rings. The molecule has 3 rings (SSSR count).